The van der Waals surface area contributed by atoms with Crippen LogP contribution >= 0.6 is 0 Å². The van der Waals surface area contributed by atoms with E-state index in [1.807, 2.05) is 41.3 Å². The Labute approximate surface area is 247 Å². The fourth-order valence-corrected chi connectivity index (χ4v) is 5.17. The summed E-state index contributed by atoms with van der Waals surface area (Å²) in [6, 6.07) is 11.6. The third kappa shape index (κ3) is 9.18. The Morgan fingerprint density at radius 3 is 2.20 bits per heavy atom. The van der Waals surface area contributed by atoms with Crippen molar-refractivity contribution >= 4 is 28.7 Å². The molecule has 0 bridgehead atoms. The number of hydrogen-bond acceptors (Lipinski definition) is 6. The number of fused-ring (bicyclic) bond motifs is 1. The minimum absolute atomic E-state index is 0. The lowest BCUT2D eigenvalue weighted by atomic mass is 10.1. The highest BCUT2D eigenvalue weighted by Crippen LogP contribution is 2.25. The molecule has 1 aliphatic rings. The first-order valence-electron chi connectivity index (χ1n) is 15.1. The smallest absolute Gasteiger partial charge is 0.272 e. The number of nitrogens with one attached hydrogen (secondary N) is 1. The average molecular weight is 565 g/mol. The Kier molecular flexibility index (Phi) is 12.4. The van der Waals surface area contributed by atoms with Crippen molar-refractivity contribution in [2.45, 2.75) is 80.2 Å². The maximum Gasteiger partial charge on any atom is 0.272 e. The Bertz CT molecular complexity index is 1200. The van der Waals surface area contributed by atoms with Gasteiger partial charge in [0, 0.05) is 25.3 Å². The van der Waals surface area contributed by atoms with Gasteiger partial charge in [-0.3, -0.25) is 9.36 Å². The molecule has 3 heterocycles. The monoisotopic (exact) mass is 564 g/mol. The maximum atomic E-state index is 13.7. The van der Waals surface area contributed by atoms with Crippen LogP contribution in [0.1, 0.15) is 84.1 Å². The summed E-state index contributed by atoms with van der Waals surface area (Å²) in [7, 11) is 1.67. The van der Waals surface area contributed by atoms with E-state index in [-0.39, 0.29) is 13.3 Å². The molecule has 0 spiro atoms. The van der Waals surface area contributed by atoms with Crippen molar-refractivity contribution in [1.29, 1.82) is 0 Å². The molecule has 4 rings (SSSR count). The molecular weight excluding hydrogens is 512 g/mol. The van der Waals surface area contributed by atoms with Crippen molar-refractivity contribution in [2.24, 2.45) is 11.8 Å². The van der Waals surface area contributed by atoms with Crippen LogP contribution in [0.25, 0.3) is 11.2 Å². The maximum absolute atomic E-state index is 13.7. The first-order valence-corrected chi connectivity index (χ1v) is 15.1. The minimum Gasteiger partial charge on any atom is -0.497 e. The zero-order valence-corrected chi connectivity index (χ0v) is 25.2. The molecule has 0 radical (unpaired) electrons. The fourth-order valence-electron chi connectivity index (χ4n) is 5.17. The molecule has 3 aromatic rings. The van der Waals surface area contributed by atoms with Crippen LogP contribution < -0.4 is 10.1 Å². The average Bonchev–Trinajstić information content (AvgIpc) is 3.29. The van der Waals surface area contributed by atoms with Crippen molar-refractivity contribution in [2.75, 3.05) is 45.2 Å². The van der Waals surface area contributed by atoms with Crippen LogP contribution in [0.3, 0.4) is 0 Å². The van der Waals surface area contributed by atoms with Gasteiger partial charge in [0.15, 0.2) is 5.65 Å². The lowest BCUT2D eigenvalue weighted by molar-refractivity contribution is 0.0735. The molecule has 0 aliphatic carbocycles. The second-order valence-electron chi connectivity index (χ2n) is 11.9. The lowest BCUT2D eigenvalue weighted by Crippen LogP contribution is -2.34. The van der Waals surface area contributed by atoms with Gasteiger partial charge in [-0.2, -0.15) is 0 Å². The number of aromatic nitrogens is 3. The van der Waals surface area contributed by atoms with Gasteiger partial charge in [0.25, 0.3) is 5.91 Å². The summed E-state index contributed by atoms with van der Waals surface area (Å²) in [6.07, 6.45) is 6.87. The van der Waals surface area contributed by atoms with E-state index in [9.17, 15) is 4.79 Å². The Morgan fingerprint density at radius 2 is 1.59 bits per heavy atom. The number of carbonyl (C=O) groups excluding carboxylic acids is 1. The standard InChI is InChI=1S/C32H48N6O2.CH4/c1-24(2)16-22-37(23-17-25(3)4)31(39)29-15-14-28-30(34-29)38(21-9-20-36-18-7-6-8-19-36)32(35-28)33-26-10-12-27(40-5)13-11-26;/h10-15,24-25H,6-9,16-23H2,1-5H3,(H,33,35);1H4. The highest BCUT2D eigenvalue weighted by Gasteiger charge is 2.21. The number of nitrogens with zero attached hydrogens (tertiary/aromatic N) is 5. The molecule has 226 valence electrons. The Morgan fingerprint density at radius 1 is 0.927 bits per heavy atom. The van der Waals surface area contributed by atoms with Gasteiger partial charge in [-0.1, -0.05) is 41.5 Å². The number of ether oxygens (including phenoxy) is 1. The second-order valence-corrected chi connectivity index (χ2v) is 11.9. The van der Waals surface area contributed by atoms with Gasteiger partial charge in [-0.05, 0) is 100.0 Å². The number of piperidine rings is 1. The van der Waals surface area contributed by atoms with Crippen LogP contribution in [-0.4, -0.2) is 70.1 Å². The zero-order chi connectivity index (χ0) is 28.5. The van der Waals surface area contributed by atoms with Crippen LogP contribution in [0.2, 0.25) is 0 Å². The van der Waals surface area contributed by atoms with Crippen molar-refractivity contribution in [3.8, 4) is 5.75 Å². The number of aryl methyl sites for hydroxylation is 1. The number of likely N-dealkylation sites (tertiary alicyclic amines) is 1. The third-order valence-electron chi connectivity index (χ3n) is 7.70. The second kappa shape index (κ2) is 15.8. The SMILES string of the molecule is C.COc1ccc(Nc2nc3ccc(C(=O)N(CCC(C)C)CCC(C)C)nc3n2CCCN2CCCCC2)cc1. The molecule has 1 aromatic carbocycles. The van der Waals surface area contributed by atoms with E-state index in [0.29, 0.717) is 17.5 Å². The van der Waals surface area contributed by atoms with Crippen LogP contribution in [0.15, 0.2) is 36.4 Å². The van der Waals surface area contributed by atoms with Crippen LogP contribution in [0.4, 0.5) is 11.6 Å². The molecule has 8 nitrogen and oxygen atoms in total. The molecule has 1 saturated heterocycles. The molecule has 8 heteroatoms. The van der Waals surface area contributed by atoms with E-state index < -0.39 is 0 Å². The Balaban J connectivity index is 0.00000462. The molecule has 1 aliphatic heterocycles. The van der Waals surface area contributed by atoms with Crippen LogP contribution in [-0.2, 0) is 6.54 Å². The quantitative estimate of drug-likeness (QED) is 0.223. The summed E-state index contributed by atoms with van der Waals surface area (Å²) in [5.41, 5.74) is 2.97. The summed E-state index contributed by atoms with van der Waals surface area (Å²) < 4.78 is 7.46. The lowest BCUT2D eigenvalue weighted by Gasteiger charge is -2.26. The molecule has 1 fully saturated rings. The van der Waals surface area contributed by atoms with Gasteiger partial charge in [0.05, 0.1) is 7.11 Å². The van der Waals surface area contributed by atoms with Crippen LogP contribution in [0, 0.1) is 11.8 Å². The molecule has 2 aromatic heterocycles. The number of methoxy groups -OCH3 is 1. The van der Waals surface area contributed by atoms with Gasteiger partial charge in [0.2, 0.25) is 5.95 Å². The largest absolute Gasteiger partial charge is 0.497 e. The normalized spacial score (nSPS) is 13.9. The number of rotatable bonds is 14. The number of carbonyl (C=O) groups is 1. The van der Waals surface area contributed by atoms with E-state index in [0.717, 1.165) is 74.0 Å². The zero-order valence-electron chi connectivity index (χ0n) is 25.2. The number of benzene rings is 1. The highest BCUT2D eigenvalue weighted by molar-refractivity contribution is 5.94. The van der Waals surface area contributed by atoms with E-state index in [4.69, 9.17) is 14.7 Å². The van der Waals surface area contributed by atoms with Crippen molar-refractivity contribution in [3.05, 3.63) is 42.1 Å². The summed E-state index contributed by atoms with van der Waals surface area (Å²) in [5.74, 6) is 2.64. The molecule has 1 N–H and O–H groups in total. The van der Waals surface area contributed by atoms with E-state index in [2.05, 4.69) is 42.5 Å². The molecule has 0 unspecified atom stereocenters. The summed E-state index contributed by atoms with van der Waals surface area (Å²) >= 11 is 0. The fraction of sp³-hybridized carbons (Fsp3) is 0.606. The first-order chi connectivity index (χ1) is 19.3. The number of hydrogen-bond donors (Lipinski definition) is 1. The van der Waals surface area contributed by atoms with Crippen molar-refractivity contribution < 1.29 is 9.53 Å². The summed E-state index contributed by atoms with van der Waals surface area (Å²) in [6.45, 7) is 14.5. The van der Waals surface area contributed by atoms with Gasteiger partial charge >= 0.3 is 0 Å². The minimum atomic E-state index is 0. The van der Waals surface area contributed by atoms with E-state index >= 15 is 0 Å². The van der Waals surface area contributed by atoms with Gasteiger partial charge in [-0.15, -0.1) is 0 Å². The van der Waals surface area contributed by atoms with Crippen LogP contribution in [0.5, 0.6) is 5.75 Å². The summed E-state index contributed by atoms with van der Waals surface area (Å²) in [4.78, 5) is 28.1. The van der Waals surface area contributed by atoms with Gasteiger partial charge in [0.1, 0.15) is 17.0 Å². The predicted molar refractivity (Wildman–Crippen MR) is 170 cm³/mol. The third-order valence-corrected chi connectivity index (χ3v) is 7.70. The Hall–Kier alpha value is -3.13. The predicted octanol–water partition coefficient (Wildman–Crippen LogP) is 7.23. The molecule has 41 heavy (non-hydrogen) atoms. The van der Waals surface area contributed by atoms with Crippen molar-refractivity contribution in [1.82, 2.24) is 24.3 Å². The van der Waals surface area contributed by atoms with Gasteiger partial charge < -0.3 is 19.9 Å². The number of pyridine rings is 1. The number of amides is 1. The van der Waals surface area contributed by atoms with E-state index in [1.165, 1.54) is 32.4 Å². The highest BCUT2D eigenvalue weighted by atomic mass is 16.5. The first kappa shape index (κ1) is 32.4. The molecule has 0 atom stereocenters. The molecule has 1 amide bonds. The number of imidazole rings is 1. The molecular formula is C33H52N6O2. The molecule has 0 saturated carbocycles. The van der Waals surface area contributed by atoms with Gasteiger partial charge in [-0.25, -0.2) is 9.97 Å². The topological polar surface area (TPSA) is 75.5 Å². The summed E-state index contributed by atoms with van der Waals surface area (Å²) in [5, 5.41) is 3.49. The van der Waals surface area contributed by atoms with Crippen molar-refractivity contribution in [3.63, 3.8) is 0 Å². The van der Waals surface area contributed by atoms with E-state index in [1.54, 1.807) is 7.11 Å². The number of anilines is 2.